The van der Waals surface area contributed by atoms with E-state index in [4.69, 9.17) is 0 Å². The van der Waals surface area contributed by atoms with Gasteiger partial charge in [-0.2, -0.15) is 0 Å². The number of hydrogen-bond acceptors (Lipinski definition) is 4. The van der Waals surface area contributed by atoms with Crippen LogP contribution in [0, 0.1) is 5.92 Å². The molecule has 2 aliphatic rings. The van der Waals surface area contributed by atoms with E-state index in [9.17, 15) is 14.4 Å². The zero-order valence-corrected chi connectivity index (χ0v) is 15.3. The third kappa shape index (κ3) is 5.14. The fraction of sp³-hybridized carbons (Fsp3) is 0.550. The first-order chi connectivity index (χ1) is 12.5. The van der Waals surface area contributed by atoms with Crippen molar-refractivity contribution >= 4 is 17.6 Å². The van der Waals surface area contributed by atoms with Crippen molar-refractivity contribution < 1.29 is 14.4 Å². The van der Waals surface area contributed by atoms with Crippen molar-refractivity contribution in [3.63, 3.8) is 0 Å². The summed E-state index contributed by atoms with van der Waals surface area (Å²) in [6, 6.07) is 9.20. The topological polar surface area (TPSA) is 69.7 Å². The Morgan fingerprint density at radius 2 is 1.73 bits per heavy atom. The summed E-state index contributed by atoms with van der Waals surface area (Å²) in [6.07, 6.45) is 2.55. The maximum atomic E-state index is 12.4. The first-order valence-corrected chi connectivity index (χ1v) is 9.38. The molecule has 1 saturated heterocycles. The third-order valence-electron chi connectivity index (χ3n) is 5.09. The maximum absolute atomic E-state index is 12.4. The second kappa shape index (κ2) is 8.45. The van der Waals surface area contributed by atoms with Crippen LogP contribution in [0.3, 0.4) is 0 Å². The Morgan fingerprint density at radius 1 is 1.08 bits per heavy atom. The molecule has 2 fully saturated rings. The molecule has 1 aliphatic heterocycles. The molecule has 140 valence electrons. The van der Waals surface area contributed by atoms with Gasteiger partial charge in [-0.3, -0.25) is 19.3 Å². The fourth-order valence-electron chi connectivity index (χ4n) is 3.30. The zero-order valence-electron chi connectivity index (χ0n) is 15.3. The van der Waals surface area contributed by atoms with Crippen molar-refractivity contribution in [1.29, 1.82) is 0 Å². The van der Waals surface area contributed by atoms with Gasteiger partial charge in [-0.05, 0) is 31.7 Å². The van der Waals surface area contributed by atoms with E-state index in [0.717, 1.165) is 18.4 Å². The minimum Gasteiger partial charge on any atom is -0.345 e. The monoisotopic (exact) mass is 357 g/mol. The number of piperazine rings is 1. The summed E-state index contributed by atoms with van der Waals surface area (Å²) < 4.78 is 0. The summed E-state index contributed by atoms with van der Waals surface area (Å²) in [4.78, 5) is 40.3. The molecule has 1 aliphatic carbocycles. The van der Waals surface area contributed by atoms with Crippen LogP contribution in [-0.2, 0) is 20.8 Å². The van der Waals surface area contributed by atoms with E-state index < -0.39 is 6.04 Å². The molecule has 2 amide bonds. The summed E-state index contributed by atoms with van der Waals surface area (Å²) >= 11 is 0. The number of nitrogens with one attached hydrogen (secondary N) is 1. The summed E-state index contributed by atoms with van der Waals surface area (Å²) in [5, 5.41) is 2.86. The Bertz CT molecular complexity index is 650. The number of nitrogens with zero attached hydrogens (tertiary/aromatic N) is 2. The molecule has 0 bridgehead atoms. The van der Waals surface area contributed by atoms with Crippen molar-refractivity contribution in [2.75, 3.05) is 32.7 Å². The Labute approximate surface area is 154 Å². The van der Waals surface area contributed by atoms with Gasteiger partial charge in [0.2, 0.25) is 11.8 Å². The average molecular weight is 357 g/mol. The van der Waals surface area contributed by atoms with Gasteiger partial charge in [-0.1, -0.05) is 30.3 Å². The van der Waals surface area contributed by atoms with Crippen molar-refractivity contribution in [3.05, 3.63) is 35.9 Å². The van der Waals surface area contributed by atoms with Crippen LogP contribution in [0.2, 0.25) is 0 Å². The SMILES string of the molecule is CC(=O)[C@@H](Cc1ccccc1)NC(=O)CN1CCN(C(=O)C2CC2)CC1. The first-order valence-electron chi connectivity index (χ1n) is 9.38. The van der Waals surface area contributed by atoms with Gasteiger partial charge in [-0.25, -0.2) is 0 Å². The molecule has 0 aromatic heterocycles. The van der Waals surface area contributed by atoms with E-state index in [-0.39, 0.29) is 30.1 Å². The van der Waals surface area contributed by atoms with E-state index in [1.165, 1.54) is 6.92 Å². The van der Waals surface area contributed by atoms with Gasteiger partial charge in [-0.15, -0.1) is 0 Å². The number of carbonyl (C=O) groups is 3. The summed E-state index contributed by atoms with van der Waals surface area (Å²) in [5.74, 6) is 0.345. The molecule has 1 atom stereocenters. The number of hydrogen-bond donors (Lipinski definition) is 1. The number of Topliss-reactive ketones (excluding diaryl/α,β-unsaturated/α-hetero) is 1. The largest absolute Gasteiger partial charge is 0.345 e. The van der Waals surface area contributed by atoms with Gasteiger partial charge in [0.15, 0.2) is 5.78 Å². The maximum Gasteiger partial charge on any atom is 0.234 e. The zero-order chi connectivity index (χ0) is 18.5. The van der Waals surface area contributed by atoms with Crippen molar-refractivity contribution in [3.8, 4) is 0 Å². The predicted octanol–water partition coefficient (Wildman–Crippen LogP) is 0.857. The lowest BCUT2D eigenvalue weighted by Crippen LogP contribution is -2.53. The van der Waals surface area contributed by atoms with Gasteiger partial charge in [0.25, 0.3) is 0 Å². The van der Waals surface area contributed by atoms with Crippen LogP contribution >= 0.6 is 0 Å². The summed E-state index contributed by atoms with van der Waals surface area (Å²) in [6.45, 7) is 4.55. The number of rotatable bonds is 7. The smallest absolute Gasteiger partial charge is 0.234 e. The van der Waals surface area contributed by atoms with Crippen molar-refractivity contribution in [2.24, 2.45) is 5.92 Å². The molecular weight excluding hydrogens is 330 g/mol. The molecule has 1 heterocycles. The highest BCUT2D eigenvalue weighted by atomic mass is 16.2. The van der Waals surface area contributed by atoms with E-state index >= 15 is 0 Å². The summed E-state index contributed by atoms with van der Waals surface area (Å²) in [5.41, 5.74) is 1.03. The Hall–Kier alpha value is -2.21. The molecule has 6 nitrogen and oxygen atoms in total. The van der Waals surface area contributed by atoms with Crippen LogP contribution in [0.25, 0.3) is 0 Å². The van der Waals surface area contributed by atoms with Crippen LogP contribution in [0.15, 0.2) is 30.3 Å². The summed E-state index contributed by atoms with van der Waals surface area (Å²) in [7, 11) is 0. The van der Waals surface area contributed by atoms with Gasteiger partial charge >= 0.3 is 0 Å². The van der Waals surface area contributed by atoms with Gasteiger partial charge < -0.3 is 10.2 Å². The van der Waals surface area contributed by atoms with Gasteiger partial charge in [0, 0.05) is 32.1 Å². The second-order valence-corrected chi connectivity index (χ2v) is 7.30. The van der Waals surface area contributed by atoms with E-state index in [2.05, 4.69) is 5.32 Å². The highest BCUT2D eigenvalue weighted by molar-refractivity contribution is 5.88. The molecule has 0 unspecified atom stereocenters. The van der Waals surface area contributed by atoms with Crippen LogP contribution in [0.4, 0.5) is 0 Å². The number of carbonyl (C=O) groups excluding carboxylic acids is 3. The number of benzene rings is 1. The molecule has 6 heteroatoms. The molecular formula is C20H27N3O3. The van der Waals surface area contributed by atoms with Crippen LogP contribution in [0.5, 0.6) is 0 Å². The van der Waals surface area contributed by atoms with E-state index in [1.54, 1.807) is 0 Å². The Kier molecular flexibility index (Phi) is 6.04. The molecule has 1 N–H and O–H groups in total. The van der Waals surface area contributed by atoms with Crippen LogP contribution in [-0.4, -0.2) is 66.2 Å². The second-order valence-electron chi connectivity index (χ2n) is 7.30. The van der Waals surface area contributed by atoms with E-state index in [0.29, 0.717) is 32.6 Å². The molecule has 1 aromatic carbocycles. The molecule has 1 saturated carbocycles. The van der Waals surface area contributed by atoms with Gasteiger partial charge in [0.1, 0.15) is 0 Å². The Morgan fingerprint density at radius 3 is 2.31 bits per heavy atom. The minimum absolute atomic E-state index is 0.0398. The van der Waals surface area contributed by atoms with Crippen molar-refractivity contribution in [2.45, 2.75) is 32.2 Å². The molecule has 26 heavy (non-hydrogen) atoms. The first kappa shape index (κ1) is 18.6. The normalized spacial score (nSPS) is 19.0. The third-order valence-corrected chi connectivity index (χ3v) is 5.09. The highest BCUT2D eigenvalue weighted by Gasteiger charge is 2.34. The quantitative estimate of drug-likeness (QED) is 0.786. The standard InChI is InChI=1S/C20H27N3O3/c1-15(24)18(13-16-5-3-2-4-6-16)21-19(25)14-22-9-11-23(12-10-22)20(26)17-7-8-17/h2-6,17-18H,7-14H2,1H3,(H,21,25)/t18-/m1/s1. The lowest BCUT2D eigenvalue weighted by Gasteiger charge is -2.34. The lowest BCUT2D eigenvalue weighted by molar-refractivity contribution is -0.134. The molecule has 3 rings (SSSR count). The van der Waals surface area contributed by atoms with Crippen LogP contribution in [0.1, 0.15) is 25.3 Å². The van der Waals surface area contributed by atoms with Gasteiger partial charge in [0.05, 0.1) is 12.6 Å². The lowest BCUT2D eigenvalue weighted by atomic mass is 10.0. The minimum atomic E-state index is -0.498. The van der Waals surface area contributed by atoms with Crippen LogP contribution < -0.4 is 5.32 Å². The molecule has 0 spiro atoms. The predicted molar refractivity (Wildman–Crippen MR) is 98.5 cm³/mol. The highest BCUT2D eigenvalue weighted by Crippen LogP contribution is 2.31. The van der Waals surface area contributed by atoms with E-state index in [1.807, 2.05) is 40.1 Å². The number of ketones is 1. The van der Waals surface area contributed by atoms with Crippen molar-refractivity contribution in [1.82, 2.24) is 15.1 Å². The molecule has 1 aromatic rings. The fourth-order valence-corrected chi connectivity index (χ4v) is 3.30. The number of amides is 2. The molecule has 0 radical (unpaired) electrons. The average Bonchev–Trinajstić information content (AvgIpc) is 3.47. The Balaban J connectivity index is 1.45.